The second-order valence-corrected chi connectivity index (χ2v) is 6.92. The quantitative estimate of drug-likeness (QED) is 0.429. The SMILES string of the molecule is COCCC1[C@H](n2cc(C)c(=O)[nH]c2=O)O[C@H](CO)[C@H]1OP(=O)(O)O. The van der Waals surface area contributed by atoms with Crippen molar-refractivity contribution in [1.82, 2.24) is 9.55 Å². The molecule has 0 radical (unpaired) electrons. The van der Waals surface area contributed by atoms with Gasteiger partial charge < -0.3 is 24.4 Å². The summed E-state index contributed by atoms with van der Waals surface area (Å²) in [6, 6.07) is 0. The largest absolute Gasteiger partial charge is 0.469 e. The Kier molecular flexibility index (Phi) is 6.33. The van der Waals surface area contributed by atoms with E-state index in [4.69, 9.17) is 23.8 Å². The van der Waals surface area contributed by atoms with Gasteiger partial charge in [0.1, 0.15) is 18.4 Å². The van der Waals surface area contributed by atoms with Gasteiger partial charge in [-0.25, -0.2) is 9.36 Å². The van der Waals surface area contributed by atoms with E-state index in [0.717, 1.165) is 4.57 Å². The number of nitrogens with zero attached hydrogens (tertiary/aromatic N) is 1. The molecule has 1 saturated heterocycles. The lowest BCUT2D eigenvalue weighted by Crippen LogP contribution is -2.37. The topological polar surface area (TPSA) is 160 Å². The van der Waals surface area contributed by atoms with E-state index >= 15 is 0 Å². The van der Waals surface area contributed by atoms with Crippen LogP contribution in [0.1, 0.15) is 18.2 Å². The average Bonchev–Trinajstić information content (AvgIpc) is 2.84. The van der Waals surface area contributed by atoms with Gasteiger partial charge in [-0.2, -0.15) is 0 Å². The number of phosphoric acid groups is 1. The van der Waals surface area contributed by atoms with E-state index < -0.39 is 50.0 Å². The number of aryl methyl sites for hydroxylation is 1. The minimum atomic E-state index is -4.86. The smallest absolute Gasteiger partial charge is 0.394 e. The van der Waals surface area contributed by atoms with Crippen molar-refractivity contribution >= 4 is 7.82 Å². The van der Waals surface area contributed by atoms with Crippen molar-refractivity contribution in [2.24, 2.45) is 5.92 Å². The van der Waals surface area contributed by atoms with Crippen molar-refractivity contribution in [1.29, 1.82) is 0 Å². The fourth-order valence-electron chi connectivity index (χ4n) is 2.85. The van der Waals surface area contributed by atoms with Gasteiger partial charge in [0.25, 0.3) is 5.56 Å². The van der Waals surface area contributed by atoms with Gasteiger partial charge in [-0.3, -0.25) is 18.9 Å². The van der Waals surface area contributed by atoms with E-state index in [-0.39, 0.29) is 18.6 Å². The number of aliphatic hydroxyl groups excluding tert-OH is 1. The molecule has 25 heavy (non-hydrogen) atoms. The summed E-state index contributed by atoms with van der Waals surface area (Å²) in [6.45, 7) is 1.14. The van der Waals surface area contributed by atoms with E-state index in [1.807, 2.05) is 0 Å². The van der Waals surface area contributed by atoms with Gasteiger partial charge in [0.05, 0.1) is 6.61 Å². The zero-order valence-electron chi connectivity index (χ0n) is 13.7. The van der Waals surface area contributed by atoms with Crippen molar-refractivity contribution in [3.05, 3.63) is 32.6 Å². The first-order valence-electron chi connectivity index (χ1n) is 7.49. The zero-order valence-corrected chi connectivity index (χ0v) is 14.6. The summed E-state index contributed by atoms with van der Waals surface area (Å²) in [5.74, 6) is -0.701. The molecular weight excluding hydrogens is 359 g/mol. The molecule has 0 bridgehead atoms. The van der Waals surface area contributed by atoms with Crippen molar-refractivity contribution in [3.63, 3.8) is 0 Å². The predicted octanol–water partition coefficient (Wildman–Crippen LogP) is -1.13. The standard InChI is InChI=1S/C13H21N2O9P/c1-7-5-15(13(18)14-11(7)17)12-8(3-4-22-2)10(9(6-16)23-12)24-25(19,20)21/h5,8-10,12,16H,3-4,6H2,1-2H3,(H,14,17,18)(H2,19,20,21)/t8?,9-,10+,12-/m1/s1. The molecular formula is C13H21N2O9P. The molecule has 1 aliphatic heterocycles. The van der Waals surface area contributed by atoms with Crippen LogP contribution in [0.2, 0.25) is 0 Å². The number of H-pyrrole nitrogens is 1. The molecule has 0 spiro atoms. The molecule has 4 N–H and O–H groups in total. The minimum Gasteiger partial charge on any atom is -0.394 e. The number of ether oxygens (including phenoxy) is 2. The first kappa shape index (κ1) is 20.0. The molecule has 1 fully saturated rings. The molecule has 12 heteroatoms. The molecule has 1 aromatic heterocycles. The van der Waals surface area contributed by atoms with E-state index in [9.17, 15) is 19.3 Å². The Morgan fingerprint density at radius 2 is 2.08 bits per heavy atom. The second kappa shape index (κ2) is 7.92. The Hall–Kier alpha value is -1.33. The van der Waals surface area contributed by atoms with Crippen molar-refractivity contribution in [2.75, 3.05) is 20.3 Å². The summed E-state index contributed by atoms with van der Waals surface area (Å²) in [4.78, 5) is 44.1. The number of aliphatic hydroxyl groups is 1. The van der Waals surface area contributed by atoms with E-state index in [1.54, 1.807) is 0 Å². The van der Waals surface area contributed by atoms with Crippen LogP contribution in [0.3, 0.4) is 0 Å². The average molecular weight is 380 g/mol. The van der Waals surface area contributed by atoms with Gasteiger partial charge in [0.15, 0.2) is 0 Å². The molecule has 1 unspecified atom stereocenters. The monoisotopic (exact) mass is 380 g/mol. The Morgan fingerprint density at radius 1 is 1.40 bits per heavy atom. The van der Waals surface area contributed by atoms with Gasteiger partial charge >= 0.3 is 13.5 Å². The third-order valence-corrected chi connectivity index (χ3v) is 4.50. The van der Waals surface area contributed by atoms with Crippen LogP contribution in [0.5, 0.6) is 0 Å². The number of aromatic amines is 1. The summed E-state index contributed by atoms with van der Waals surface area (Å²) in [6.07, 6.45) is -1.68. The van der Waals surface area contributed by atoms with Crippen LogP contribution in [-0.4, -0.2) is 57.0 Å². The highest BCUT2D eigenvalue weighted by Crippen LogP contribution is 2.47. The lowest BCUT2D eigenvalue weighted by atomic mass is 9.96. The van der Waals surface area contributed by atoms with E-state index in [2.05, 4.69) is 4.98 Å². The van der Waals surface area contributed by atoms with Crippen LogP contribution in [0.25, 0.3) is 0 Å². The number of hydrogen-bond donors (Lipinski definition) is 4. The zero-order chi connectivity index (χ0) is 18.8. The maximum atomic E-state index is 12.1. The highest BCUT2D eigenvalue weighted by molar-refractivity contribution is 7.46. The Balaban J connectivity index is 2.45. The molecule has 4 atom stereocenters. The number of methoxy groups -OCH3 is 1. The Morgan fingerprint density at radius 3 is 2.64 bits per heavy atom. The lowest BCUT2D eigenvalue weighted by Gasteiger charge is -2.24. The highest BCUT2D eigenvalue weighted by atomic mass is 31.2. The molecule has 0 aliphatic carbocycles. The number of aromatic nitrogens is 2. The molecule has 11 nitrogen and oxygen atoms in total. The van der Waals surface area contributed by atoms with Crippen molar-refractivity contribution in [3.8, 4) is 0 Å². The normalized spacial score (nSPS) is 26.9. The van der Waals surface area contributed by atoms with Crippen LogP contribution >= 0.6 is 7.82 Å². The van der Waals surface area contributed by atoms with Gasteiger partial charge in [0, 0.05) is 31.4 Å². The van der Waals surface area contributed by atoms with Crippen LogP contribution in [0.4, 0.5) is 0 Å². The van der Waals surface area contributed by atoms with Crippen LogP contribution < -0.4 is 11.2 Å². The number of rotatable bonds is 7. The predicted molar refractivity (Wildman–Crippen MR) is 84.0 cm³/mol. The first-order chi connectivity index (χ1) is 11.7. The molecule has 2 heterocycles. The van der Waals surface area contributed by atoms with Crippen LogP contribution in [0.15, 0.2) is 15.8 Å². The van der Waals surface area contributed by atoms with Crippen molar-refractivity contribution < 1.29 is 33.5 Å². The maximum Gasteiger partial charge on any atom is 0.469 e. The van der Waals surface area contributed by atoms with E-state index in [0.29, 0.717) is 0 Å². The number of hydrogen-bond acceptors (Lipinski definition) is 7. The van der Waals surface area contributed by atoms with Crippen LogP contribution in [-0.2, 0) is 18.6 Å². The fourth-order valence-corrected chi connectivity index (χ4v) is 3.46. The van der Waals surface area contributed by atoms with Gasteiger partial charge in [0.2, 0.25) is 0 Å². The maximum absolute atomic E-state index is 12.1. The Bertz CT molecular complexity index is 755. The molecule has 142 valence electrons. The van der Waals surface area contributed by atoms with Crippen LogP contribution in [0, 0.1) is 12.8 Å². The summed E-state index contributed by atoms with van der Waals surface area (Å²) in [5.41, 5.74) is -1.03. The fraction of sp³-hybridized carbons (Fsp3) is 0.692. The molecule has 0 saturated carbocycles. The number of phosphoric ester groups is 1. The second-order valence-electron chi connectivity index (χ2n) is 5.73. The summed E-state index contributed by atoms with van der Waals surface area (Å²) in [7, 11) is -3.41. The minimum absolute atomic E-state index is 0.209. The third-order valence-electron chi connectivity index (χ3n) is 3.98. The first-order valence-corrected chi connectivity index (χ1v) is 9.02. The summed E-state index contributed by atoms with van der Waals surface area (Å²) in [5, 5.41) is 9.47. The number of nitrogens with one attached hydrogen (secondary N) is 1. The molecule has 1 aromatic rings. The molecule has 2 rings (SSSR count). The van der Waals surface area contributed by atoms with Gasteiger partial charge in [-0.05, 0) is 13.3 Å². The molecule has 0 aromatic carbocycles. The molecule has 1 aliphatic rings. The van der Waals surface area contributed by atoms with Gasteiger partial charge in [-0.1, -0.05) is 0 Å². The Labute approximate surface area is 142 Å². The highest BCUT2D eigenvalue weighted by Gasteiger charge is 2.48. The van der Waals surface area contributed by atoms with Gasteiger partial charge in [-0.15, -0.1) is 0 Å². The third kappa shape index (κ3) is 4.64. The summed E-state index contributed by atoms with van der Waals surface area (Å²) < 4.78 is 27.8. The van der Waals surface area contributed by atoms with Crippen molar-refractivity contribution in [2.45, 2.75) is 31.8 Å². The van der Waals surface area contributed by atoms with E-state index in [1.165, 1.54) is 20.2 Å². The molecule has 0 amide bonds. The summed E-state index contributed by atoms with van der Waals surface area (Å²) >= 11 is 0. The lowest BCUT2D eigenvalue weighted by molar-refractivity contribution is -0.0483.